The van der Waals surface area contributed by atoms with E-state index in [0.29, 0.717) is 34.7 Å². The number of nitrogens with one attached hydrogen (secondary N) is 1. The zero-order chi connectivity index (χ0) is 33.9. The number of aliphatic carboxylic acids is 1. The highest BCUT2D eigenvalue weighted by molar-refractivity contribution is 6.06. The smallest absolute Gasteiger partial charge is 0.305 e. The third-order valence-corrected chi connectivity index (χ3v) is 7.52. The molecule has 0 bridgehead atoms. The molecule has 0 fully saturated rings. The summed E-state index contributed by atoms with van der Waals surface area (Å²) in [5.74, 6) is -1.91. The van der Waals surface area contributed by atoms with Crippen molar-refractivity contribution in [3.63, 3.8) is 0 Å². The number of carbonyl (C=O) groups is 2. The van der Waals surface area contributed by atoms with E-state index in [1.54, 1.807) is 25.3 Å². The number of aliphatic hydroxyl groups is 2. The van der Waals surface area contributed by atoms with Crippen molar-refractivity contribution in [2.24, 2.45) is 0 Å². The molecule has 0 aliphatic heterocycles. The van der Waals surface area contributed by atoms with E-state index in [1.165, 1.54) is 18.2 Å². The number of aromatic nitrogens is 1. The third kappa shape index (κ3) is 9.46. The van der Waals surface area contributed by atoms with Gasteiger partial charge < -0.3 is 34.7 Å². The first-order valence-electron chi connectivity index (χ1n) is 15.4. The summed E-state index contributed by atoms with van der Waals surface area (Å²) >= 11 is 0. The lowest BCUT2D eigenvalue weighted by Gasteiger charge is -2.17. The summed E-state index contributed by atoms with van der Waals surface area (Å²) in [6.07, 6.45) is 0.0502. The van der Waals surface area contributed by atoms with E-state index in [1.807, 2.05) is 73.0 Å². The number of benzene rings is 3. The zero-order valence-electron chi connectivity index (χ0n) is 26.7. The Kier molecular flexibility index (Phi) is 12.6. The molecule has 10 heteroatoms. The van der Waals surface area contributed by atoms with Crippen molar-refractivity contribution in [3.8, 4) is 22.3 Å². The second-order valence-corrected chi connectivity index (χ2v) is 11.5. The number of amides is 1. The van der Waals surface area contributed by atoms with Crippen molar-refractivity contribution >= 4 is 18.0 Å². The average molecular weight is 645 g/mol. The maximum Gasteiger partial charge on any atom is 0.305 e. The van der Waals surface area contributed by atoms with Crippen molar-refractivity contribution in [1.29, 1.82) is 0 Å². The van der Waals surface area contributed by atoms with Gasteiger partial charge in [-0.15, -0.1) is 0 Å². The molecule has 47 heavy (non-hydrogen) atoms. The minimum Gasteiger partial charge on any atom is -0.481 e. The Labute approximate surface area is 273 Å². The number of ether oxygens (including phenoxy) is 2. The van der Waals surface area contributed by atoms with E-state index in [4.69, 9.17) is 14.6 Å². The Morgan fingerprint density at radius 1 is 0.915 bits per heavy atom. The van der Waals surface area contributed by atoms with Crippen LogP contribution in [0.2, 0.25) is 0 Å². The summed E-state index contributed by atoms with van der Waals surface area (Å²) in [6, 6.07) is 22.9. The molecule has 1 aromatic heterocycles. The van der Waals surface area contributed by atoms with Crippen LogP contribution in [-0.4, -0.2) is 57.9 Å². The number of methoxy groups -OCH3 is 1. The summed E-state index contributed by atoms with van der Waals surface area (Å²) in [4.78, 5) is 25.3. The van der Waals surface area contributed by atoms with Crippen LogP contribution in [0.25, 0.3) is 28.3 Å². The Bertz CT molecular complexity index is 1650. The molecule has 248 valence electrons. The number of nitrogens with zero attached hydrogens (tertiary/aromatic N) is 1. The molecule has 0 saturated heterocycles. The molecule has 4 aromatic rings. The van der Waals surface area contributed by atoms with Crippen molar-refractivity contribution in [1.82, 2.24) is 9.88 Å². The molecule has 0 saturated carbocycles. The first-order chi connectivity index (χ1) is 22.6. The molecule has 0 aliphatic rings. The van der Waals surface area contributed by atoms with E-state index in [-0.39, 0.29) is 31.7 Å². The molecule has 1 amide bonds. The number of carboxylic acid groups (broad SMARTS) is 1. The van der Waals surface area contributed by atoms with Gasteiger partial charge in [0.2, 0.25) is 0 Å². The second kappa shape index (κ2) is 16.8. The maximum absolute atomic E-state index is 14.2. The van der Waals surface area contributed by atoms with Gasteiger partial charge in [-0.2, -0.15) is 0 Å². The van der Waals surface area contributed by atoms with Crippen molar-refractivity contribution in [3.05, 3.63) is 113 Å². The topological polar surface area (TPSA) is 130 Å². The highest BCUT2D eigenvalue weighted by Gasteiger charge is 2.29. The van der Waals surface area contributed by atoms with Crippen LogP contribution in [0.3, 0.4) is 0 Å². The van der Waals surface area contributed by atoms with E-state index in [2.05, 4.69) is 5.32 Å². The quantitative estimate of drug-likeness (QED) is 0.0845. The number of carbonyl (C=O) groups excluding carboxylic acids is 1. The fraction of sp³-hybridized carbons (Fsp3) is 0.297. The molecule has 2 atom stereocenters. The SMILES string of the molecule is COCOCc1ccc(CNC(=O)c2c(-c3ccccc3)c(-c3ccc(F)cc3)c(/C=C/[C@@H](O)C[C@@H](O)CC(=O)O)n2C(C)C)cc1. The number of aliphatic hydroxyl groups excluding tert-OH is 2. The standard InChI is InChI=1S/C37H41FN2O7/c1-24(2)40-32(18-17-30(41)19-31(42)20-33(43)44)34(28-13-15-29(38)16-14-28)35(27-7-5-4-6-8-27)36(40)37(45)39-21-25-9-11-26(12-10-25)22-47-23-46-3/h4-18,24,30-31,41-42H,19-23H2,1-3H3,(H,39,45)(H,43,44)/b18-17+/t30-,31-/m1/s1. The van der Waals surface area contributed by atoms with Crippen molar-refractivity contribution in [2.45, 2.75) is 58.1 Å². The number of hydrogen-bond donors (Lipinski definition) is 4. The van der Waals surface area contributed by atoms with E-state index < -0.39 is 30.4 Å². The van der Waals surface area contributed by atoms with Crippen LogP contribution >= 0.6 is 0 Å². The third-order valence-electron chi connectivity index (χ3n) is 7.52. The molecular weight excluding hydrogens is 603 g/mol. The molecule has 1 heterocycles. The Balaban J connectivity index is 1.80. The lowest BCUT2D eigenvalue weighted by Crippen LogP contribution is -2.27. The Morgan fingerprint density at radius 2 is 1.55 bits per heavy atom. The first kappa shape index (κ1) is 35.2. The van der Waals surface area contributed by atoms with Crippen molar-refractivity contribution in [2.75, 3.05) is 13.9 Å². The van der Waals surface area contributed by atoms with E-state index in [0.717, 1.165) is 16.7 Å². The van der Waals surface area contributed by atoms with Crippen LogP contribution in [0.4, 0.5) is 4.39 Å². The van der Waals surface area contributed by atoms with Gasteiger partial charge in [0.25, 0.3) is 5.91 Å². The molecule has 4 rings (SSSR count). The molecule has 0 unspecified atom stereocenters. The van der Waals surface area contributed by atoms with Crippen LogP contribution in [-0.2, 0) is 27.4 Å². The minimum absolute atomic E-state index is 0.187. The highest BCUT2D eigenvalue weighted by atomic mass is 19.1. The first-order valence-corrected chi connectivity index (χ1v) is 15.4. The predicted molar refractivity (Wildman–Crippen MR) is 178 cm³/mol. The van der Waals surface area contributed by atoms with Crippen LogP contribution in [0.15, 0.2) is 84.9 Å². The van der Waals surface area contributed by atoms with Gasteiger partial charge in [0.05, 0.1) is 25.2 Å². The monoisotopic (exact) mass is 644 g/mol. The zero-order valence-corrected chi connectivity index (χ0v) is 26.7. The van der Waals surface area contributed by atoms with Crippen LogP contribution in [0, 0.1) is 5.82 Å². The van der Waals surface area contributed by atoms with Gasteiger partial charge in [0, 0.05) is 42.9 Å². The van der Waals surface area contributed by atoms with Crippen LogP contribution in [0.1, 0.15) is 60.0 Å². The summed E-state index contributed by atoms with van der Waals surface area (Å²) in [6.45, 7) is 4.73. The summed E-state index contributed by atoms with van der Waals surface area (Å²) in [7, 11) is 1.56. The molecule has 0 spiro atoms. The summed E-state index contributed by atoms with van der Waals surface area (Å²) in [5, 5.41) is 32.9. The second-order valence-electron chi connectivity index (χ2n) is 11.5. The van der Waals surface area contributed by atoms with Gasteiger partial charge >= 0.3 is 5.97 Å². The highest BCUT2D eigenvalue weighted by Crippen LogP contribution is 2.42. The molecule has 3 aromatic carbocycles. The lowest BCUT2D eigenvalue weighted by molar-refractivity contribution is -0.139. The van der Waals surface area contributed by atoms with E-state index in [9.17, 15) is 24.2 Å². The van der Waals surface area contributed by atoms with Gasteiger partial charge in [-0.05, 0) is 54.3 Å². The van der Waals surface area contributed by atoms with Gasteiger partial charge in [-0.25, -0.2) is 4.39 Å². The number of rotatable bonds is 16. The minimum atomic E-state index is -1.24. The van der Waals surface area contributed by atoms with Gasteiger partial charge in [0.15, 0.2) is 0 Å². The van der Waals surface area contributed by atoms with Gasteiger partial charge in [0.1, 0.15) is 18.3 Å². The van der Waals surface area contributed by atoms with E-state index >= 15 is 0 Å². The molecule has 9 nitrogen and oxygen atoms in total. The lowest BCUT2D eigenvalue weighted by atomic mass is 9.94. The largest absolute Gasteiger partial charge is 0.481 e. The number of hydrogen-bond acceptors (Lipinski definition) is 6. The fourth-order valence-corrected chi connectivity index (χ4v) is 5.43. The Hall–Kier alpha value is -4.61. The van der Waals surface area contributed by atoms with Gasteiger partial charge in [-0.1, -0.05) is 72.8 Å². The maximum atomic E-state index is 14.2. The van der Waals surface area contributed by atoms with Crippen LogP contribution < -0.4 is 5.32 Å². The molecule has 4 N–H and O–H groups in total. The Morgan fingerprint density at radius 3 is 2.17 bits per heavy atom. The molecular formula is C37H41FN2O7. The summed E-state index contributed by atoms with van der Waals surface area (Å²) in [5.41, 5.74) is 5.54. The molecule has 0 aliphatic carbocycles. The van der Waals surface area contributed by atoms with Crippen molar-refractivity contribution < 1.29 is 38.8 Å². The van der Waals surface area contributed by atoms with Gasteiger partial charge in [-0.3, -0.25) is 9.59 Å². The fourth-order valence-electron chi connectivity index (χ4n) is 5.43. The number of carboxylic acids is 1. The predicted octanol–water partition coefficient (Wildman–Crippen LogP) is 6.19. The summed E-state index contributed by atoms with van der Waals surface area (Å²) < 4.78 is 26.3. The normalized spacial score (nSPS) is 12.8. The average Bonchev–Trinajstić information content (AvgIpc) is 3.39. The molecule has 0 radical (unpaired) electrons. The van der Waals surface area contributed by atoms with Crippen LogP contribution in [0.5, 0.6) is 0 Å². The number of halogens is 1.